The molecular formula is C20H19FN2O5S2. The van der Waals surface area contributed by atoms with E-state index in [4.69, 9.17) is 4.74 Å². The van der Waals surface area contributed by atoms with E-state index in [-0.39, 0.29) is 34.9 Å². The number of carbonyl (C=O) groups is 1. The summed E-state index contributed by atoms with van der Waals surface area (Å²) in [5.41, 5.74) is 1.05. The molecule has 7 nitrogen and oxygen atoms in total. The normalized spacial score (nSPS) is 11.4. The van der Waals surface area contributed by atoms with E-state index < -0.39 is 27.2 Å². The number of aromatic nitrogens is 2. The number of aryl methyl sites for hydroxylation is 1. The van der Waals surface area contributed by atoms with E-state index in [1.807, 2.05) is 0 Å². The van der Waals surface area contributed by atoms with Crippen LogP contribution in [0.15, 0.2) is 40.5 Å². The number of benzene rings is 1. The number of H-pyrrole nitrogens is 1. The minimum atomic E-state index is -3.55. The van der Waals surface area contributed by atoms with E-state index in [2.05, 4.69) is 9.97 Å². The first kappa shape index (κ1) is 21.8. The molecule has 2 aromatic heterocycles. The summed E-state index contributed by atoms with van der Waals surface area (Å²) in [6.07, 6.45) is 0. The summed E-state index contributed by atoms with van der Waals surface area (Å²) in [6, 6.07) is 6.65. The number of hydrogen-bond donors (Lipinski definition) is 1. The van der Waals surface area contributed by atoms with E-state index in [0.29, 0.717) is 16.3 Å². The van der Waals surface area contributed by atoms with Crippen LogP contribution in [0.5, 0.6) is 0 Å². The molecular weight excluding hydrogens is 431 g/mol. The zero-order valence-corrected chi connectivity index (χ0v) is 17.9. The van der Waals surface area contributed by atoms with Gasteiger partial charge in [-0.1, -0.05) is 12.1 Å². The van der Waals surface area contributed by atoms with Crippen LogP contribution in [0.25, 0.3) is 11.3 Å². The molecule has 0 atom stereocenters. The Kier molecular flexibility index (Phi) is 6.47. The summed E-state index contributed by atoms with van der Waals surface area (Å²) >= 11 is 1.10. The number of halogens is 1. The minimum absolute atomic E-state index is 0.155. The van der Waals surface area contributed by atoms with Gasteiger partial charge in [-0.3, -0.25) is 4.79 Å². The fourth-order valence-corrected chi connectivity index (χ4v) is 5.44. The molecule has 0 spiro atoms. The van der Waals surface area contributed by atoms with Crippen LogP contribution >= 0.6 is 11.3 Å². The summed E-state index contributed by atoms with van der Waals surface area (Å²) in [7, 11) is -3.55. The fourth-order valence-electron chi connectivity index (χ4n) is 2.81. The van der Waals surface area contributed by atoms with Gasteiger partial charge in [0.2, 0.25) is 0 Å². The van der Waals surface area contributed by atoms with Gasteiger partial charge in [0.1, 0.15) is 16.6 Å². The van der Waals surface area contributed by atoms with Gasteiger partial charge in [0, 0.05) is 11.1 Å². The maximum absolute atomic E-state index is 13.0. The van der Waals surface area contributed by atoms with Crippen molar-refractivity contribution in [2.45, 2.75) is 25.4 Å². The number of esters is 1. The quantitative estimate of drug-likeness (QED) is 0.554. The second-order valence-electron chi connectivity index (χ2n) is 6.56. The number of pyridine rings is 1. The molecule has 0 fully saturated rings. The summed E-state index contributed by atoms with van der Waals surface area (Å²) < 4.78 is 42.9. The Balaban J connectivity index is 1.84. The molecule has 10 heteroatoms. The van der Waals surface area contributed by atoms with E-state index in [9.17, 15) is 22.4 Å². The molecule has 3 rings (SSSR count). The van der Waals surface area contributed by atoms with Crippen molar-refractivity contribution in [3.63, 3.8) is 0 Å². The number of carbonyl (C=O) groups excluding carboxylic acids is 1. The molecule has 0 aliphatic heterocycles. The Morgan fingerprint density at radius 1 is 1.23 bits per heavy atom. The van der Waals surface area contributed by atoms with Crippen molar-refractivity contribution in [2.75, 3.05) is 6.61 Å². The zero-order chi connectivity index (χ0) is 21.9. The van der Waals surface area contributed by atoms with Gasteiger partial charge in [0.25, 0.3) is 5.56 Å². The Labute approximate surface area is 176 Å². The molecule has 0 amide bonds. The van der Waals surface area contributed by atoms with Crippen molar-refractivity contribution in [3.8, 4) is 11.3 Å². The highest BCUT2D eigenvalue weighted by atomic mass is 32.2. The molecule has 0 saturated heterocycles. The number of aromatic amines is 1. The molecule has 0 saturated carbocycles. The van der Waals surface area contributed by atoms with Crippen LogP contribution in [0.3, 0.4) is 0 Å². The Bertz CT molecular complexity index is 1230. The lowest BCUT2D eigenvalue weighted by atomic mass is 10.1. The summed E-state index contributed by atoms with van der Waals surface area (Å²) in [5, 5.41) is 1.88. The lowest BCUT2D eigenvalue weighted by Gasteiger charge is -2.07. The first-order valence-corrected chi connectivity index (χ1v) is 11.7. The second-order valence-corrected chi connectivity index (χ2v) is 9.56. The van der Waals surface area contributed by atoms with E-state index in [1.165, 1.54) is 30.3 Å². The lowest BCUT2D eigenvalue weighted by molar-refractivity contribution is 0.0525. The fraction of sp³-hybridized carbons (Fsp3) is 0.250. The maximum Gasteiger partial charge on any atom is 0.339 e. The third-order valence-electron chi connectivity index (χ3n) is 4.20. The number of nitrogens with one attached hydrogen (secondary N) is 1. The molecule has 30 heavy (non-hydrogen) atoms. The van der Waals surface area contributed by atoms with Crippen LogP contribution in [0.1, 0.15) is 33.5 Å². The zero-order valence-electron chi connectivity index (χ0n) is 16.3. The number of rotatable bonds is 7. The molecule has 0 bridgehead atoms. The smallest absolute Gasteiger partial charge is 0.339 e. The van der Waals surface area contributed by atoms with Crippen LogP contribution in [-0.4, -0.2) is 31.0 Å². The Hall–Kier alpha value is -2.85. The van der Waals surface area contributed by atoms with Crippen molar-refractivity contribution in [3.05, 3.63) is 73.7 Å². The second kappa shape index (κ2) is 8.88. The lowest BCUT2D eigenvalue weighted by Crippen LogP contribution is -2.16. The standard InChI is InChI=1S/C20H19FN2O5S2/c1-3-28-20(25)15-8-16(19(24)22-12(15)2)17-9-29-18(23-17)11-30(26,27)10-13-4-6-14(21)7-5-13/h4-9H,3,10-11H2,1-2H3,(H,22,24). The molecule has 158 valence electrons. The van der Waals surface area contributed by atoms with Crippen LogP contribution < -0.4 is 5.56 Å². The molecule has 0 aliphatic rings. The summed E-state index contributed by atoms with van der Waals surface area (Å²) in [4.78, 5) is 31.3. The van der Waals surface area contributed by atoms with E-state index in [0.717, 1.165) is 11.3 Å². The highest BCUT2D eigenvalue weighted by Gasteiger charge is 2.19. The molecule has 2 heterocycles. The average Bonchev–Trinajstić information content (AvgIpc) is 3.11. The molecule has 0 radical (unpaired) electrons. The van der Waals surface area contributed by atoms with Crippen molar-refractivity contribution in [2.24, 2.45) is 0 Å². The number of sulfone groups is 1. The maximum atomic E-state index is 13.0. The third-order valence-corrected chi connectivity index (χ3v) is 6.72. The SMILES string of the molecule is CCOC(=O)c1cc(-c2csc(CS(=O)(=O)Cc3ccc(F)cc3)n2)c(=O)[nH]c1C. The highest BCUT2D eigenvalue weighted by molar-refractivity contribution is 7.89. The van der Waals surface area contributed by atoms with E-state index in [1.54, 1.807) is 19.2 Å². The van der Waals surface area contributed by atoms with Crippen LogP contribution in [0, 0.1) is 12.7 Å². The topological polar surface area (TPSA) is 106 Å². The minimum Gasteiger partial charge on any atom is -0.462 e. The van der Waals surface area contributed by atoms with Crippen molar-refractivity contribution in [1.29, 1.82) is 0 Å². The van der Waals surface area contributed by atoms with Gasteiger partial charge in [-0.15, -0.1) is 11.3 Å². The Morgan fingerprint density at radius 3 is 2.60 bits per heavy atom. The molecule has 0 aliphatic carbocycles. The van der Waals surface area contributed by atoms with Crippen molar-refractivity contribution >= 4 is 27.1 Å². The number of hydrogen-bond acceptors (Lipinski definition) is 7. The van der Waals surface area contributed by atoms with Crippen molar-refractivity contribution < 1.29 is 22.3 Å². The largest absolute Gasteiger partial charge is 0.462 e. The van der Waals surface area contributed by atoms with Gasteiger partial charge < -0.3 is 9.72 Å². The summed E-state index contributed by atoms with van der Waals surface area (Å²) in [6.45, 7) is 3.46. The van der Waals surface area contributed by atoms with Crippen LogP contribution in [0.4, 0.5) is 4.39 Å². The van der Waals surface area contributed by atoms with Gasteiger partial charge >= 0.3 is 5.97 Å². The number of ether oxygens (including phenoxy) is 1. The third kappa shape index (κ3) is 5.19. The average molecular weight is 451 g/mol. The van der Waals surface area contributed by atoms with Crippen molar-refractivity contribution in [1.82, 2.24) is 9.97 Å². The Morgan fingerprint density at radius 2 is 1.93 bits per heavy atom. The molecule has 3 aromatic rings. The monoisotopic (exact) mass is 450 g/mol. The van der Waals surface area contributed by atoms with Crippen LogP contribution in [-0.2, 0) is 26.1 Å². The molecule has 1 aromatic carbocycles. The van der Waals surface area contributed by atoms with E-state index >= 15 is 0 Å². The number of thiazole rings is 1. The summed E-state index contributed by atoms with van der Waals surface area (Å²) in [5.74, 6) is -1.57. The first-order valence-electron chi connectivity index (χ1n) is 8.99. The van der Waals surface area contributed by atoms with Crippen LogP contribution in [0.2, 0.25) is 0 Å². The van der Waals surface area contributed by atoms with Gasteiger partial charge in [0.05, 0.1) is 29.2 Å². The van der Waals surface area contributed by atoms with Gasteiger partial charge in [-0.25, -0.2) is 22.6 Å². The molecule has 0 unspecified atom stereocenters. The number of nitrogens with zero attached hydrogens (tertiary/aromatic N) is 1. The highest BCUT2D eigenvalue weighted by Crippen LogP contribution is 2.23. The molecule has 1 N–H and O–H groups in total. The predicted molar refractivity (Wildman–Crippen MR) is 112 cm³/mol. The van der Waals surface area contributed by atoms with Gasteiger partial charge in [0.15, 0.2) is 9.84 Å². The predicted octanol–water partition coefficient (Wildman–Crippen LogP) is 3.24. The first-order chi connectivity index (χ1) is 14.2. The van der Waals surface area contributed by atoms with Gasteiger partial charge in [-0.2, -0.15) is 0 Å². The van der Waals surface area contributed by atoms with Gasteiger partial charge in [-0.05, 0) is 37.6 Å².